The highest BCUT2D eigenvalue weighted by atomic mass is 19.1. The second-order valence-electron chi connectivity index (χ2n) is 7.73. The van der Waals surface area contributed by atoms with Crippen molar-refractivity contribution in [2.24, 2.45) is 0 Å². The van der Waals surface area contributed by atoms with Gasteiger partial charge in [-0.25, -0.2) is 14.2 Å². The van der Waals surface area contributed by atoms with E-state index >= 15 is 0 Å². The van der Waals surface area contributed by atoms with Gasteiger partial charge in [0.25, 0.3) is 0 Å². The summed E-state index contributed by atoms with van der Waals surface area (Å²) in [6.07, 6.45) is 1.35. The van der Waals surface area contributed by atoms with Crippen LogP contribution in [0.1, 0.15) is 37.0 Å². The summed E-state index contributed by atoms with van der Waals surface area (Å²) in [7, 11) is 0. The van der Waals surface area contributed by atoms with Crippen molar-refractivity contribution in [2.75, 3.05) is 26.2 Å². The SMILES string of the molecule is CCCC(NC(=O)NCc1ccc(F)cc1)C(=O)N1CCN(Cc2n[nH]c(C)n2)CC1. The fraction of sp³-hybridized carbons (Fsp3) is 0.524. The molecule has 1 unspecified atom stereocenters. The molecule has 31 heavy (non-hydrogen) atoms. The van der Waals surface area contributed by atoms with E-state index in [1.165, 1.54) is 12.1 Å². The Labute approximate surface area is 181 Å². The van der Waals surface area contributed by atoms with E-state index in [2.05, 4.69) is 30.7 Å². The number of urea groups is 1. The summed E-state index contributed by atoms with van der Waals surface area (Å²) >= 11 is 0. The van der Waals surface area contributed by atoms with E-state index < -0.39 is 12.1 Å². The summed E-state index contributed by atoms with van der Waals surface area (Å²) < 4.78 is 13.0. The molecule has 1 aromatic carbocycles. The van der Waals surface area contributed by atoms with Gasteiger partial charge in [-0.3, -0.25) is 14.8 Å². The van der Waals surface area contributed by atoms with Crippen molar-refractivity contribution in [3.63, 3.8) is 0 Å². The van der Waals surface area contributed by atoms with Gasteiger partial charge in [-0.05, 0) is 31.0 Å². The van der Waals surface area contributed by atoms with Crippen molar-refractivity contribution in [1.82, 2.24) is 35.6 Å². The van der Waals surface area contributed by atoms with Gasteiger partial charge in [0.15, 0.2) is 5.82 Å². The lowest BCUT2D eigenvalue weighted by Crippen LogP contribution is -2.55. The highest BCUT2D eigenvalue weighted by molar-refractivity contribution is 5.87. The molecular weight excluding hydrogens is 401 g/mol. The first-order valence-corrected chi connectivity index (χ1v) is 10.6. The van der Waals surface area contributed by atoms with E-state index in [1.807, 2.05) is 13.8 Å². The van der Waals surface area contributed by atoms with Gasteiger partial charge < -0.3 is 15.5 Å². The Morgan fingerprint density at radius 3 is 2.52 bits per heavy atom. The zero-order valence-corrected chi connectivity index (χ0v) is 18.0. The van der Waals surface area contributed by atoms with Crippen LogP contribution in [0.2, 0.25) is 0 Å². The second-order valence-corrected chi connectivity index (χ2v) is 7.73. The Morgan fingerprint density at radius 1 is 1.19 bits per heavy atom. The number of hydrogen-bond acceptors (Lipinski definition) is 5. The summed E-state index contributed by atoms with van der Waals surface area (Å²) in [6.45, 7) is 7.42. The maximum atomic E-state index is 13.0. The third kappa shape index (κ3) is 6.74. The van der Waals surface area contributed by atoms with Gasteiger partial charge in [0.05, 0.1) is 6.54 Å². The minimum atomic E-state index is -0.569. The number of aromatic nitrogens is 3. The Hall–Kier alpha value is -3.01. The smallest absolute Gasteiger partial charge is 0.315 e. The average Bonchev–Trinajstić information content (AvgIpc) is 3.17. The number of amides is 3. The van der Waals surface area contributed by atoms with Crippen molar-refractivity contribution < 1.29 is 14.0 Å². The van der Waals surface area contributed by atoms with Gasteiger partial charge in [-0.15, -0.1) is 0 Å². The molecular formula is C21H30FN7O2. The molecule has 168 valence electrons. The van der Waals surface area contributed by atoms with E-state index in [0.717, 1.165) is 36.7 Å². The van der Waals surface area contributed by atoms with Crippen LogP contribution in [-0.2, 0) is 17.9 Å². The number of aromatic amines is 1. The molecule has 1 aliphatic rings. The molecule has 1 aromatic heterocycles. The number of H-pyrrole nitrogens is 1. The summed E-state index contributed by atoms with van der Waals surface area (Å²) in [6, 6.07) is 4.95. The summed E-state index contributed by atoms with van der Waals surface area (Å²) in [5.74, 6) is 1.15. The molecule has 0 aliphatic carbocycles. The molecule has 9 nitrogen and oxygen atoms in total. The maximum Gasteiger partial charge on any atom is 0.315 e. The standard InChI is InChI=1S/C21H30FN7O2/c1-3-4-18(25-21(31)23-13-16-5-7-17(22)8-6-16)20(30)29-11-9-28(10-12-29)14-19-24-15(2)26-27-19/h5-8,18H,3-4,9-14H2,1-2H3,(H2,23,25,31)(H,24,26,27). The largest absolute Gasteiger partial charge is 0.338 e. The Morgan fingerprint density at radius 2 is 1.90 bits per heavy atom. The third-order valence-corrected chi connectivity index (χ3v) is 5.24. The third-order valence-electron chi connectivity index (χ3n) is 5.24. The minimum Gasteiger partial charge on any atom is -0.338 e. The van der Waals surface area contributed by atoms with E-state index in [1.54, 1.807) is 17.0 Å². The second kappa shape index (κ2) is 10.9. The molecule has 0 spiro atoms. The topological polar surface area (TPSA) is 106 Å². The zero-order valence-electron chi connectivity index (χ0n) is 18.0. The lowest BCUT2D eigenvalue weighted by molar-refractivity contribution is -0.135. The van der Waals surface area contributed by atoms with Crippen LogP contribution in [0.4, 0.5) is 9.18 Å². The molecule has 1 aliphatic heterocycles. The molecule has 3 rings (SSSR count). The molecule has 0 radical (unpaired) electrons. The number of halogens is 1. The average molecular weight is 432 g/mol. The first-order chi connectivity index (χ1) is 14.9. The van der Waals surface area contributed by atoms with Crippen molar-refractivity contribution >= 4 is 11.9 Å². The van der Waals surface area contributed by atoms with Gasteiger partial charge in [-0.1, -0.05) is 25.5 Å². The molecule has 1 fully saturated rings. The van der Waals surface area contributed by atoms with Gasteiger partial charge in [0.2, 0.25) is 5.91 Å². The number of piperazine rings is 1. The number of rotatable bonds is 8. The van der Waals surface area contributed by atoms with Crippen LogP contribution in [0.3, 0.4) is 0 Å². The zero-order chi connectivity index (χ0) is 22.2. The predicted molar refractivity (Wildman–Crippen MR) is 113 cm³/mol. The Balaban J connectivity index is 1.46. The molecule has 2 heterocycles. The number of carbonyl (C=O) groups excluding carboxylic acids is 2. The maximum absolute atomic E-state index is 13.0. The quantitative estimate of drug-likeness (QED) is 0.588. The van der Waals surface area contributed by atoms with Gasteiger partial charge in [-0.2, -0.15) is 5.10 Å². The first kappa shape index (κ1) is 22.7. The van der Waals surface area contributed by atoms with Crippen LogP contribution in [0.5, 0.6) is 0 Å². The van der Waals surface area contributed by atoms with Crippen molar-refractivity contribution in [1.29, 1.82) is 0 Å². The molecule has 0 saturated carbocycles. The van der Waals surface area contributed by atoms with Crippen LogP contribution in [0, 0.1) is 12.7 Å². The number of nitrogens with zero attached hydrogens (tertiary/aromatic N) is 4. The molecule has 1 saturated heterocycles. The summed E-state index contributed by atoms with van der Waals surface area (Å²) in [5, 5.41) is 12.5. The Kier molecular flexibility index (Phi) is 7.94. The first-order valence-electron chi connectivity index (χ1n) is 10.6. The number of carbonyl (C=O) groups is 2. The monoisotopic (exact) mass is 431 g/mol. The van der Waals surface area contributed by atoms with Crippen LogP contribution >= 0.6 is 0 Å². The number of hydrogen-bond donors (Lipinski definition) is 3. The van der Waals surface area contributed by atoms with E-state index in [0.29, 0.717) is 26.1 Å². The van der Waals surface area contributed by atoms with Crippen molar-refractivity contribution in [3.05, 3.63) is 47.3 Å². The fourth-order valence-corrected chi connectivity index (χ4v) is 3.55. The molecule has 1 atom stereocenters. The fourth-order valence-electron chi connectivity index (χ4n) is 3.55. The van der Waals surface area contributed by atoms with E-state index in [9.17, 15) is 14.0 Å². The normalized spacial score (nSPS) is 15.5. The van der Waals surface area contributed by atoms with Crippen LogP contribution in [-0.4, -0.2) is 69.1 Å². The van der Waals surface area contributed by atoms with Crippen molar-refractivity contribution in [2.45, 2.75) is 45.8 Å². The highest BCUT2D eigenvalue weighted by Gasteiger charge is 2.28. The Bertz CT molecular complexity index is 863. The lowest BCUT2D eigenvalue weighted by atomic mass is 10.1. The van der Waals surface area contributed by atoms with Gasteiger partial charge >= 0.3 is 6.03 Å². The van der Waals surface area contributed by atoms with Crippen LogP contribution < -0.4 is 10.6 Å². The predicted octanol–water partition coefficient (Wildman–Crippen LogP) is 1.56. The number of nitrogens with one attached hydrogen (secondary N) is 3. The van der Waals surface area contributed by atoms with E-state index in [-0.39, 0.29) is 18.3 Å². The summed E-state index contributed by atoms with van der Waals surface area (Å²) in [5.41, 5.74) is 0.785. The highest BCUT2D eigenvalue weighted by Crippen LogP contribution is 2.10. The molecule has 10 heteroatoms. The van der Waals surface area contributed by atoms with Gasteiger partial charge in [0.1, 0.15) is 17.7 Å². The van der Waals surface area contributed by atoms with Gasteiger partial charge in [0, 0.05) is 32.7 Å². The molecule has 0 bridgehead atoms. The van der Waals surface area contributed by atoms with Crippen LogP contribution in [0.25, 0.3) is 0 Å². The summed E-state index contributed by atoms with van der Waals surface area (Å²) in [4.78, 5) is 33.7. The van der Waals surface area contributed by atoms with Crippen molar-refractivity contribution in [3.8, 4) is 0 Å². The minimum absolute atomic E-state index is 0.0628. The molecule has 3 N–H and O–H groups in total. The van der Waals surface area contributed by atoms with Crippen LogP contribution in [0.15, 0.2) is 24.3 Å². The number of aryl methyl sites for hydroxylation is 1. The molecule has 2 aromatic rings. The number of benzene rings is 1. The molecule has 3 amide bonds. The lowest BCUT2D eigenvalue weighted by Gasteiger charge is -2.36. The van der Waals surface area contributed by atoms with E-state index in [4.69, 9.17) is 0 Å².